The molecule has 1 unspecified atom stereocenters. The van der Waals surface area contributed by atoms with Gasteiger partial charge in [0.15, 0.2) is 0 Å². The Balaban J connectivity index is 2.00. The third-order valence-corrected chi connectivity index (χ3v) is 4.88. The molecule has 0 aliphatic heterocycles. The molecule has 10 nitrogen and oxygen atoms in total. The van der Waals surface area contributed by atoms with Gasteiger partial charge in [-0.25, -0.2) is 4.79 Å². The van der Waals surface area contributed by atoms with Gasteiger partial charge in [0.2, 0.25) is 6.17 Å². The van der Waals surface area contributed by atoms with E-state index in [1.54, 1.807) is 42.5 Å². The number of benzene rings is 3. The Morgan fingerprint density at radius 1 is 0.839 bits per heavy atom. The summed E-state index contributed by atoms with van der Waals surface area (Å²) in [6, 6.07) is 17.7. The molecule has 0 saturated heterocycles. The van der Waals surface area contributed by atoms with Gasteiger partial charge in [0.05, 0.1) is 16.1 Å². The van der Waals surface area contributed by atoms with Crippen molar-refractivity contribution in [2.75, 3.05) is 0 Å². The Hall–Kier alpha value is -3.96. The maximum absolute atomic E-state index is 11.4. The number of carboxylic acids is 1. The highest BCUT2D eigenvalue weighted by molar-refractivity contribution is 7.85. The van der Waals surface area contributed by atoms with Crippen LogP contribution < -0.4 is 0 Å². The topological polar surface area (TPSA) is 161 Å². The summed E-state index contributed by atoms with van der Waals surface area (Å²) < 4.78 is 31.8. The number of hydrogen-bond donors (Lipinski definition) is 3. The maximum Gasteiger partial charge on any atom is 0.337 e. The number of azo groups is 2. The van der Waals surface area contributed by atoms with Crippen LogP contribution >= 0.6 is 0 Å². The van der Waals surface area contributed by atoms with E-state index in [0.29, 0.717) is 5.56 Å². The van der Waals surface area contributed by atoms with Crippen molar-refractivity contribution in [1.29, 1.82) is 0 Å². The minimum atomic E-state index is -4.50. The van der Waals surface area contributed by atoms with Crippen LogP contribution in [0, 0.1) is 0 Å². The molecule has 11 heteroatoms. The van der Waals surface area contributed by atoms with Crippen molar-refractivity contribution in [3.63, 3.8) is 0 Å². The second-order valence-electron chi connectivity index (χ2n) is 6.16. The SMILES string of the molecule is O=C(O)c1ccccc1N=NC(N=Nc1cc(S(=O)(=O)O)ccc1O)c1ccccc1. The van der Waals surface area contributed by atoms with Gasteiger partial charge in [0, 0.05) is 5.56 Å². The molecule has 3 N–H and O–H groups in total. The number of phenolic OH excluding ortho intramolecular Hbond substituents is 1. The van der Waals surface area contributed by atoms with E-state index < -0.39 is 27.1 Å². The van der Waals surface area contributed by atoms with E-state index in [1.807, 2.05) is 0 Å². The number of hydrogen-bond acceptors (Lipinski definition) is 8. The van der Waals surface area contributed by atoms with Gasteiger partial charge < -0.3 is 10.2 Å². The van der Waals surface area contributed by atoms with Gasteiger partial charge in [-0.15, -0.1) is 5.11 Å². The number of phenols is 1. The third kappa shape index (κ3) is 5.56. The molecule has 0 saturated carbocycles. The van der Waals surface area contributed by atoms with Crippen LogP contribution in [0.3, 0.4) is 0 Å². The zero-order valence-electron chi connectivity index (χ0n) is 15.8. The normalized spacial score (nSPS) is 12.9. The van der Waals surface area contributed by atoms with Crippen LogP contribution in [0.2, 0.25) is 0 Å². The minimum absolute atomic E-state index is 0.0477. The lowest BCUT2D eigenvalue weighted by atomic mass is 10.2. The summed E-state index contributed by atoms with van der Waals surface area (Å²) in [5.41, 5.74) is 0.418. The highest BCUT2D eigenvalue weighted by atomic mass is 32.2. The van der Waals surface area contributed by atoms with Gasteiger partial charge in [-0.3, -0.25) is 4.55 Å². The quantitative estimate of drug-likeness (QED) is 0.349. The van der Waals surface area contributed by atoms with Gasteiger partial charge in [-0.2, -0.15) is 23.8 Å². The molecule has 0 amide bonds. The zero-order valence-corrected chi connectivity index (χ0v) is 16.6. The van der Waals surface area contributed by atoms with Crippen molar-refractivity contribution in [3.8, 4) is 5.75 Å². The number of nitrogens with zero attached hydrogens (tertiary/aromatic N) is 4. The minimum Gasteiger partial charge on any atom is -0.506 e. The molecule has 0 aromatic heterocycles. The summed E-state index contributed by atoms with van der Waals surface area (Å²) in [4.78, 5) is 10.9. The maximum atomic E-state index is 11.4. The highest BCUT2D eigenvalue weighted by Crippen LogP contribution is 2.32. The molecular formula is C20H16N4O6S. The molecule has 31 heavy (non-hydrogen) atoms. The largest absolute Gasteiger partial charge is 0.506 e. The molecule has 0 fully saturated rings. The monoisotopic (exact) mass is 440 g/mol. The van der Waals surface area contributed by atoms with Crippen molar-refractivity contribution in [3.05, 3.63) is 83.9 Å². The fourth-order valence-electron chi connectivity index (χ4n) is 2.50. The molecule has 0 bridgehead atoms. The second kappa shape index (κ2) is 9.24. The lowest BCUT2D eigenvalue weighted by Gasteiger charge is -2.07. The van der Waals surface area contributed by atoms with E-state index in [4.69, 9.17) is 0 Å². The molecule has 1 atom stereocenters. The Morgan fingerprint density at radius 3 is 2.10 bits per heavy atom. The van der Waals surface area contributed by atoms with E-state index in [1.165, 1.54) is 12.1 Å². The third-order valence-electron chi connectivity index (χ3n) is 4.03. The van der Waals surface area contributed by atoms with Crippen LogP contribution in [0.5, 0.6) is 5.75 Å². The number of carboxylic acid groups (broad SMARTS) is 1. The fraction of sp³-hybridized carbons (Fsp3) is 0.0500. The zero-order chi connectivity index (χ0) is 22.4. The van der Waals surface area contributed by atoms with Gasteiger partial charge in [0.1, 0.15) is 11.4 Å². The average molecular weight is 440 g/mol. The van der Waals surface area contributed by atoms with Gasteiger partial charge in [-0.1, -0.05) is 42.5 Å². The first-order valence-corrected chi connectivity index (χ1v) is 10.2. The molecule has 0 aliphatic carbocycles. The smallest absolute Gasteiger partial charge is 0.337 e. The van der Waals surface area contributed by atoms with E-state index in [9.17, 15) is 28.0 Å². The number of aromatic carboxylic acids is 1. The van der Waals surface area contributed by atoms with E-state index in [2.05, 4.69) is 20.5 Å². The van der Waals surface area contributed by atoms with Gasteiger partial charge >= 0.3 is 5.97 Å². The van der Waals surface area contributed by atoms with Crippen molar-refractivity contribution in [2.24, 2.45) is 20.5 Å². The first-order chi connectivity index (χ1) is 14.8. The number of rotatable bonds is 7. The standard InChI is InChI=1S/C20H16N4O6S/c25-18-11-10-14(31(28,29)30)12-17(18)22-24-19(13-6-2-1-3-7-13)23-21-16-9-5-4-8-15(16)20(26)27/h1-12,19,25H,(H,26,27)(H,28,29,30). The van der Waals surface area contributed by atoms with E-state index in [-0.39, 0.29) is 22.7 Å². The van der Waals surface area contributed by atoms with Crippen LogP contribution in [0.1, 0.15) is 22.1 Å². The summed E-state index contributed by atoms with van der Waals surface area (Å²) in [6.45, 7) is 0. The van der Waals surface area contributed by atoms with Crippen LogP contribution in [0.25, 0.3) is 0 Å². The molecule has 158 valence electrons. The molecule has 0 radical (unpaired) electrons. The molecule has 0 aliphatic rings. The van der Waals surface area contributed by atoms with E-state index in [0.717, 1.165) is 18.2 Å². The molecular weight excluding hydrogens is 424 g/mol. The van der Waals surface area contributed by atoms with Crippen molar-refractivity contribution in [2.45, 2.75) is 11.1 Å². The molecule has 0 spiro atoms. The molecule has 0 heterocycles. The highest BCUT2D eigenvalue weighted by Gasteiger charge is 2.15. The van der Waals surface area contributed by atoms with Gasteiger partial charge in [0.25, 0.3) is 10.1 Å². The first kappa shape index (κ1) is 21.7. The molecule has 3 aromatic carbocycles. The summed E-state index contributed by atoms with van der Waals surface area (Å²) in [7, 11) is -4.50. The van der Waals surface area contributed by atoms with Crippen molar-refractivity contribution >= 4 is 27.5 Å². The second-order valence-corrected chi connectivity index (χ2v) is 7.58. The lowest BCUT2D eigenvalue weighted by Crippen LogP contribution is -1.97. The lowest BCUT2D eigenvalue weighted by molar-refractivity contribution is 0.0697. The summed E-state index contributed by atoms with van der Waals surface area (Å²) >= 11 is 0. The van der Waals surface area contributed by atoms with Crippen LogP contribution in [0.4, 0.5) is 11.4 Å². The first-order valence-electron chi connectivity index (χ1n) is 8.75. The Morgan fingerprint density at radius 2 is 1.45 bits per heavy atom. The molecule has 3 rings (SSSR count). The Kier molecular flexibility index (Phi) is 6.48. The van der Waals surface area contributed by atoms with Crippen LogP contribution in [-0.2, 0) is 10.1 Å². The van der Waals surface area contributed by atoms with Crippen LogP contribution in [0.15, 0.2) is 98.1 Å². The number of carbonyl (C=O) groups is 1. The predicted octanol–water partition coefficient (Wildman–Crippen LogP) is 4.90. The average Bonchev–Trinajstić information content (AvgIpc) is 2.75. The molecule has 3 aromatic rings. The van der Waals surface area contributed by atoms with Gasteiger partial charge in [-0.05, 0) is 30.3 Å². The van der Waals surface area contributed by atoms with E-state index >= 15 is 0 Å². The van der Waals surface area contributed by atoms with Crippen molar-refractivity contribution in [1.82, 2.24) is 0 Å². The summed E-state index contributed by atoms with van der Waals surface area (Å²) in [5.74, 6) is -1.53. The predicted molar refractivity (Wildman–Crippen MR) is 110 cm³/mol. The Labute approximate surface area is 177 Å². The summed E-state index contributed by atoms with van der Waals surface area (Å²) in [6.07, 6.45) is -1.02. The fourth-order valence-corrected chi connectivity index (χ4v) is 3.00. The van der Waals surface area contributed by atoms with Crippen LogP contribution in [-0.4, -0.2) is 29.2 Å². The Bertz CT molecular complexity index is 1260. The number of aromatic hydroxyl groups is 1. The summed E-state index contributed by atoms with van der Waals surface area (Å²) in [5, 5.41) is 35.2. The van der Waals surface area contributed by atoms with Crippen molar-refractivity contribution < 1.29 is 28.0 Å².